The second kappa shape index (κ2) is 6.48. The normalized spacial score (nSPS) is 16.6. The average Bonchev–Trinajstić information content (AvgIpc) is 2.86. The summed E-state index contributed by atoms with van der Waals surface area (Å²) in [5, 5.41) is 0. The number of halogens is 4. The summed E-state index contributed by atoms with van der Waals surface area (Å²) in [6.07, 6.45) is 2.98. The van der Waals surface area contributed by atoms with Crippen LogP contribution in [0.3, 0.4) is 0 Å². The predicted octanol–water partition coefficient (Wildman–Crippen LogP) is 2.74. The van der Waals surface area contributed by atoms with E-state index in [0.717, 1.165) is 37.8 Å². The number of nitrogens with zero attached hydrogens (tertiary/aromatic N) is 1. The number of ether oxygens (including phenoxy) is 1. The Labute approximate surface area is 115 Å². The Kier molecular flexibility index (Phi) is 4.91. The Hall–Kier alpha value is -1.24. The van der Waals surface area contributed by atoms with E-state index in [2.05, 4.69) is 4.90 Å². The van der Waals surface area contributed by atoms with Crippen LogP contribution < -0.4 is 10.2 Å². The van der Waals surface area contributed by atoms with Gasteiger partial charge in [-0.3, -0.25) is 0 Å². The molecule has 0 atom stereocenters. The Bertz CT molecular complexity index is 446. The Balaban J connectivity index is 1.89. The minimum absolute atomic E-state index is 0.166. The first-order valence-corrected chi connectivity index (χ1v) is 6.81. The van der Waals surface area contributed by atoms with Crippen LogP contribution in [0.4, 0.5) is 17.3 Å². The van der Waals surface area contributed by atoms with Crippen molar-refractivity contribution >= 4 is 12.4 Å². The monoisotopic (exact) mass is 290 g/mol. The summed E-state index contributed by atoms with van der Waals surface area (Å²) in [6, 6.07) is 2.35. The Morgan fingerprint density at radius 3 is 2.50 bits per heavy atom. The van der Waals surface area contributed by atoms with Gasteiger partial charge in [-0.15, -0.1) is 0 Å². The molecule has 0 saturated carbocycles. The van der Waals surface area contributed by atoms with Gasteiger partial charge in [-0.05, 0) is 38.4 Å². The van der Waals surface area contributed by atoms with Gasteiger partial charge >= 0.3 is 6.98 Å². The molecule has 0 radical (unpaired) electrons. The van der Waals surface area contributed by atoms with E-state index in [1.165, 1.54) is 12.8 Å². The molecule has 0 bridgehead atoms. The van der Waals surface area contributed by atoms with Gasteiger partial charge in [0.15, 0.2) is 0 Å². The van der Waals surface area contributed by atoms with Gasteiger partial charge in [0.1, 0.15) is 5.82 Å². The van der Waals surface area contributed by atoms with Crippen molar-refractivity contribution in [2.24, 2.45) is 0 Å². The maximum atomic E-state index is 13.0. The molecule has 20 heavy (non-hydrogen) atoms. The summed E-state index contributed by atoms with van der Waals surface area (Å²) in [5.41, 5.74) is -0.868. The van der Waals surface area contributed by atoms with Gasteiger partial charge in [-0.25, -0.2) is 4.39 Å². The molecule has 2 rings (SSSR count). The average molecular weight is 290 g/mol. The Morgan fingerprint density at radius 1 is 1.15 bits per heavy atom. The van der Waals surface area contributed by atoms with Crippen molar-refractivity contribution in [2.45, 2.75) is 19.3 Å². The molecule has 7 heteroatoms. The highest BCUT2D eigenvalue weighted by Crippen LogP contribution is 2.19. The lowest BCUT2D eigenvalue weighted by Crippen LogP contribution is -2.35. The quantitative estimate of drug-likeness (QED) is 0.454. The summed E-state index contributed by atoms with van der Waals surface area (Å²) >= 11 is 0. The van der Waals surface area contributed by atoms with Crippen molar-refractivity contribution < 1.29 is 22.1 Å². The fourth-order valence-corrected chi connectivity index (χ4v) is 2.38. The van der Waals surface area contributed by atoms with Crippen molar-refractivity contribution in [3.05, 3.63) is 24.0 Å². The topological polar surface area (TPSA) is 12.5 Å². The molecule has 0 aliphatic carbocycles. The van der Waals surface area contributed by atoms with E-state index >= 15 is 0 Å². The van der Waals surface area contributed by atoms with Gasteiger partial charge in [-0.2, -0.15) is 0 Å². The molecular weight excluding hydrogens is 273 g/mol. The van der Waals surface area contributed by atoms with E-state index in [9.17, 15) is 17.3 Å². The predicted molar refractivity (Wildman–Crippen MR) is 70.9 cm³/mol. The fourth-order valence-electron chi connectivity index (χ4n) is 2.38. The lowest BCUT2D eigenvalue weighted by atomic mass is 9.79. The van der Waals surface area contributed by atoms with Crippen LogP contribution in [0.15, 0.2) is 18.2 Å². The van der Waals surface area contributed by atoms with Gasteiger partial charge < -0.3 is 22.6 Å². The van der Waals surface area contributed by atoms with Gasteiger partial charge in [0.25, 0.3) is 0 Å². The summed E-state index contributed by atoms with van der Waals surface area (Å²) in [4.78, 5) is 2.25. The first-order chi connectivity index (χ1) is 9.47. The van der Waals surface area contributed by atoms with E-state index in [1.807, 2.05) is 0 Å². The van der Waals surface area contributed by atoms with Crippen LogP contribution in [0.25, 0.3) is 0 Å². The molecule has 112 valence electrons. The summed E-state index contributed by atoms with van der Waals surface area (Å²) in [7, 11) is 0. The largest absolute Gasteiger partial charge is 0.513 e. The van der Waals surface area contributed by atoms with Crippen molar-refractivity contribution in [1.82, 2.24) is 4.90 Å². The first-order valence-electron chi connectivity index (χ1n) is 6.81. The summed E-state index contributed by atoms with van der Waals surface area (Å²) in [6.45, 7) is -2.14. The van der Waals surface area contributed by atoms with Crippen LogP contribution in [0.5, 0.6) is 5.75 Å². The van der Waals surface area contributed by atoms with E-state index in [1.54, 1.807) is 0 Å². The number of hydrogen-bond donors (Lipinski definition) is 0. The lowest BCUT2D eigenvalue weighted by molar-refractivity contribution is 0.263. The van der Waals surface area contributed by atoms with E-state index < -0.39 is 24.0 Å². The van der Waals surface area contributed by atoms with Crippen molar-refractivity contribution in [1.29, 1.82) is 0 Å². The molecule has 1 fully saturated rings. The zero-order chi connectivity index (χ0) is 14.6. The molecule has 1 aromatic carbocycles. The zero-order valence-corrected chi connectivity index (χ0v) is 11.1. The molecule has 0 spiro atoms. The van der Waals surface area contributed by atoms with Crippen molar-refractivity contribution in [3.8, 4) is 5.75 Å². The number of hydrogen-bond acceptors (Lipinski definition) is 2. The van der Waals surface area contributed by atoms with Crippen LogP contribution >= 0.6 is 0 Å². The second-order valence-electron chi connectivity index (χ2n) is 5.01. The molecule has 1 aromatic rings. The molecule has 0 amide bonds. The smallest absolute Gasteiger partial charge is 0.496 e. The minimum atomic E-state index is -5.19. The highest BCUT2D eigenvalue weighted by molar-refractivity contribution is 6.74. The van der Waals surface area contributed by atoms with Gasteiger partial charge in [0, 0.05) is 12.6 Å². The van der Waals surface area contributed by atoms with Crippen molar-refractivity contribution in [2.75, 3.05) is 26.2 Å². The third-order valence-corrected chi connectivity index (χ3v) is 3.40. The molecule has 2 nitrogen and oxygen atoms in total. The van der Waals surface area contributed by atoms with Crippen LogP contribution in [0.2, 0.25) is 0 Å². The summed E-state index contributed by atoms with van der Waals surface area (Å²) < 4.78 is 56.5. The fraction of sp³-hybridized carbons (Fsp3) is 0.538. The first kappa shape index (κ1) is 15.2. The number of rotatable bonds is 6. The van der Waals surface area contributed by atoms with Gasteiger partial charge in [0.2, 0.25) is 0 Å². The number of benzene rings is 1. The highest BCUT2D eigenvalue weighted by Gasteiger charge is 2.29. The molecular formula is C13H17BF4NO-. The van der Waals surface area contributed by atoms with E-state index in [4.69, 9.17) is 4.74 Å². The molecule has 0 aromatic heterocycles. The molecule has 0 N–H and O–H groups in total. The highest BCUT2D eigenvalue weighted by atomic mass is 19.4. The van der Waals surface area contributed by atoms with E-state index in [-0.39, 0.29) is 6.61 Å². The van der Waals surface area contributed by atoms with E-state index in [0.29, 0.717) is 6.42 Å². The third-order valence-electron chi connectivity index (χ3n) is 3.40. The van der Waals surface area contributed by atoms with Crippen LogP contribution in [-0.4, -0.2) is 38.1 Å². The maximum Gasteiger partial charge on any atom is 0.513 e. The standard InChI is InChI=1S/C13H17BF4NO/c15-11-4-5-12(14(16,17)18)13(10-11)20-9-3-8-19-6-1-2-7-19/h4-5,10H,1-3,6-9H2/q-1. The molecule has 1 aliphatic rings. The summed E-state index contributed by atoms with van der Waals surface area (Å²) in [5.74, 6) is -1.12. The van der Waals surface area contributed by atoms with Crippen LogP contribution in [0.1, 0.15) is 19.3 Å². The minimum Gasteiger partial charge on any atom is -0.496 e. The van der Waals surface area contributed by atoms with Gasteiger partial charge in [-0.1, -0.05) is 11.5 Å². The molecule has 0 unspecified atom stereocenters. The van der Waals surface area contributed by atoms with Crippen molar-refractivity contribution in [3.63, 3.8) is 0 Å². The molecule has 1 saturated heterocycles. The molecule has 1 heterocycles. The second-order valence-corrected chi connectivity index (χ2v) is 5.01. The SMILES string of the molecule is Fc1ccc([B-](F)(F)F)c(OCCCN2CCCC2)c1. The van der Waals surface area contributed by atoms with Crippen LogP contribution in [0, 0.1) is 5.82 Å². The number of likely N-dealkylation sites (tertiary alicyclic amines) is 1. The molecule has 1 aliphatic heterocycles. The maximum absolute atomic E-state index is 13.0. The zero-order valence-electron chi connectivity index (χ0n) is 11.1. The Morgan fingerprint density at radius 2 is 1.85 bits per heavy atom. The van der Waals surface area contributed by atoms with Gasteiger partial charge in [0.05, 0.1) is 12.4 Å². The van der Waals surface area contributed by atoms with Crippen LogP contribution in [-0.2, 0) is 0 Å². The lowest BCUT2D eigenvalue weighted by Gasteiger charge is -2.20. The third kappa shape index (κ3) is 4.13.